The largest absolute Gasteiger partial charge is 0.497 e. The van der Waals surface area contributed by atoms with Gasteiger partial charge in [-0.05, 0) is 74.2 Å². The molecule has 224 valence electrons. The average molecular weight is 595 g/mol. The molecule has 3 aromatic rings. The van der Waals surface area contributed by atoms with E-state index < -0.39 is 16.1 Å². The first-order valence-electron chi connectivity index (χ1n) is 14.5. The average Bonchev–Trinajstić information content (AvgIpc) is 3.55. The Balaban J connectivity index is 1.14. The number of methoxy groups -OCH3 is 1. The summed E-state index contributed by atoms with van der Waals surface area (Å²) in [6.45, 7) is 4.43. The van der Waals surface area contributed by atoms with Gasteiger partial charge < -0.3 is 23.7 Å². The highest BCUT2D eigenvalue weighted by atomic mass is 32.2. The molecular weight excluding hydrogens is 556 g/mol. The van der Waals surface area contributed by atoms with Gasteiger partial charge in [0, 0.05) is 62.3 Å². The van der Waals surface area contributed by atoms with Crippen molar-refractivity contribution in [2.24, 2.45) is 0 Å². The third-order valence-corrected chi connectivity index (χ3v) is 11.0. The van der Waals surface area contributed by atoms with Crippen LogP contribution in [0.4, 0.5) is 0 Å². The molecule has 6 rings (SSSR count). The minimum atomic E-state index is -3.86. The predicted molar refractivity (Wildman–Crippen MR) is 156 cm³/mol. The van der Waals surface area contributed by atoms with E-state index >= 15 is 0 Å². The summed E-state index contributed by atoms with van der Waals surface area (Å²) in [7, 11) is -2.29. The monoisotopic (exact) mass is 594 g/mol. The van der Waals surface area contributed by atoms with Crippen molar-refractivity contribution in [2.75, 3.05) is 26.9 Å². The highest BCUT2D eigenvalue weighted by Gasteiger charge is 2.44. The molecule has 2 bridgehead atoms. The van der Waals surface area contributed by atoms with E-state index in [0.717, 1.165) is 37.1 Å². The van der Waals surface area contributed by atoms with Crippen LogP contribution in [0, 0.1) is 13.8 Å². The van der Waals surface area contributed by atoms with Crippen LogP contribution in [0.1, 0.15) is 48.5 Å². The normalized spacial score (nSPS) is 23.9. The van der Waals surface area contributed by atoms with Gasteiger partial charge in [0.15, 0.2) is 0 Å². The molecule has 2 fully saturated rings. The standard InChI is InChI=1S/C31H38N4O6S/c1-21-15-26(39-3)16-22(2)31(21)42(37,38)34-14-13-33-12-4-5-28(33)29(34)19-40-20-30(36)35-23-6-7-24(35)18-27(17-23)41-25-8-10-32-11-9-25/h4-5,8-12,15-16,23-24,27,29H,6-7,13-14,17-20H2,1-3H3/t23-,24+,27-,29?. The fourth-order valence-corrected chi connectivity index (χ4v) is 9.02. The number of amides is 1. The Morgan fingerprint density at radius 1 is 1.00 bits per heavy atom. The number of piperidine rings is 1. The highest BCUT2D eigenvalue weighted by Crippen LogP contribution is 2.38. The van der Waals surface area contributed by atoms with E-state index in [1.165, 1.54) is 4.31 Å². The van der Waals surface area contributed by atoms with Gasteiger partial charge in [0.1, 0.15) is 24.2 Å². The third kappa shape index (κ3) is 5.41. The van der Waals surface area contributed by atoms with Gasteiger partial charge in [-0.1, -0.05) is 0 Å². The third-order valence-electron chi connectivity index (χ3n) is 8.78. The Kier molecular flexibility index (Phi) is 7.99. The summed E-state index contributed by atoms with van der Waals surface area (Å²) in [5.41, 5.74) is 2.12. The summed E-state index contributed by atoms with van der Waals surface area (Å²) in [6, 6.07) is 10.7. The molecule has 0 spiro atoms. The summed E-state index contributed by atoms with van der Waals surface area (Å²) in [5.74, 6) is 1.37. The molecule has 1 unspecified atom stereocenters. The lowest BCUT2D eigenvalue weighted by molar-refractivity contribution is -0.142. The van der Waals surface area contributed by atoms with Gasteiger partial charge in [0.25, 0.3) is 0 Å². The predicted octanol–water partition coefficient (Wildman–Crippen LogP) is 3.87. The molecule has 3 aliphatic rings. The fraction of sp³-hybridized carbons (Fsp3) is 0.484. The van der Waals surface area contributed by atoms with Gasteiger partial charge in [-0.25, -0.2) is 8.42 Å². The molecule has 42 heavy (non-hydrogen) atoms. The Morgan fingerprint density at radius 2 is 1.69 bits per heavy atom. The van der Waals surface area contributed by atoms with E-state index in [9.17, 15) is 13.2 Å². The maximum absolute atomic E-state index is 14.1. The van der Waals surface area contributed by atoms with E-state index in [1.54, 1.807) is 45.5 Å². The van der Waals surface area contributed by atoms with Crippen molar-refractivity contribution in [3.63, 3.8) is 0 Å². The van der Waals surface area contributed by atoms with Crippen LogP contribution in [0.25, 0.3) is 0 Å². The second kappa shape index (κ2) is 11.7. The van der Waals surface area contributed by atoms with Crippen LogP contribution in [0.15, 0.2) is 59.9 Å². The lowest BCUT2D eigenvalue weighted by Crippen LogP contribution is -2.50. The van der Waals surface area contributed by atoms with Gasteiger partial charge in [-0.3, -0.25) is 9.78 Å². The maximum Gasteiger partial charge on any atom is 0.249 e. The summed E-state index contributed by atoms with van der Waals surface area (Å²) in [4.78, 5) is 19.7. The zero-order valence-electron chi connectivity index (χ0n) is 24.3. The maximum atomic E-state index is 14.1. The van der Waals surface area contributed by atoms with Crippen molar-refractivity contribution in [3.8, 4) is 11.5 Å². The van der Waals surface area contributed by atoms with E-state index in [1.807, 2.05) is 35.4 Å². The van der Waals surface area contributed by atoms with Gasteiger partial charge in [0.05, 0.1) is 24.7 Å². The summed E-state index contributed by atoms with van der Waals surface area (Å²) < 4.78 is 49.4. The molecule has 0 saturated carbocycles. The van der Waals surface area contributed by atoms with E-state index in [2.05, 4.69) is 9.55 Å². The molecule has 1 amide bonds. The number of aryl methyl sites for hydroxylation is 2. The van der Waals surface area contributed by atoms with Crippen LogP contribution < -0.4 is 9.47 Å². The SMILES string of the molecule is COc1cc(C)c(S(=O)(=O)N2CCn3cccc3C2COCC(=O)N2[C@@H]3CC[C@H]2C[C@H](Oc2ccncc2)C3)c(C)c1. The topological polar surface area (TPSA) is 103 Å². The minimum absolute atomic E-state index is 0.0488. The summed E-state index contributed by atoms with van der Waals surface area (Å²) >= 11 is 0. The first kappa shape index (κ1) is 28.7. The van der Waals surface area contributed by atoms with Gasteiger partial charge in [-0.2, -0.15) is 4.31 Å². The number of ether oxygens (including phenoxy) is 3. The first-order chi connectivity index (χ1) is 20.3. The minimum Gasteiger partial charge on any atom is -0.497 e. The number of nitrogens with zero attached hydrogens (tertiary/aromatic N) is 4. The zero-order valence-corrected chi connectivity index (χ0v) is 25.1. The molecule has 10 nitrogen and oxygen atoms in total. The molecule has 4 atom stereocenters. The van der Waals surface area contributed by atoms with Crippen molar-refractivity contribution in [1.82, 2.24) is 18.8 Å². The van der Waals surface area contributed by atoms with Crippen molar-refractivity contribution < 1.29 is 27.4 Å². The smallest absolute Gasteiger partial charge is 0.249 e. The number of carbonyl (C=O) groups is 1. The van der Waals surface area contributed by atoms with Crippen molar-refractivity contribution in [3.05, 3.63) is 71.8 Å². The van der Waals surface area contributed by atoms with Crippen LogP contribution in [-0.4, -0.2) is 78.1 Å². The Morgan fingerprint density at radius 3 is 2.36 bits per heavy atom. The van der Waals surface area contributed by atoms with Crippen LogP contribution >= 0.6 is 0 Å². The molecule has 11 heteroatoms. The van der Waals surface area contributed by atoms with Crippen molar-refractivity contribution >= 4 is 15.9 Å². The lowest BCUT2D eigenvalue weighted by Gasteiger charge is -2.39. The highest BCUT2D eigenvalue weighted by molar-refractivity contribution is 7.89. The lowest BCUT2D eigenvalue weighted by atomic mass is 9.99. The first-order valence-corrected chi connectivity index (χ1v) is 16.0. The Hall–Kier alpha value is -3.41. The molecule has 5 heterocycles. The second-order valence-corrected chi connectivity index (χ2v) is 13.3. The number of rotatable bonds is 9. The number of pyridine rings is 1. The molecule has 0 aliphatic carbocycles. The molecule has 1 aromatic carbocycles. The Labute approximate surface area is 247 Å². The van der Waals surface area contributed by atoms with Crippen LogP contribution in [0.2, 0.25) is 0 Å². The van der Waals surface area contributed by atoms with Gasteiger partial charge in [-0.15, -0.1) is 0 Å². The number of hydrogen-bond acceptors (Lipinski definition) is 7. The van der Waals surface area contributed by atoms with Gasteiger partial charge >= 0.3 is 0 Å². The van der Waals surface area contributed by atoms with Crippen molar-refractivity contribution in [2.45, 2.75) is 75.2 Å². The number of carbonyl (C=O) groups excluding carboxylic acids is 1. The quantitative estimate of drug-likeness (QED) is 0.371. The molecule has 2 saturated heterocycles. The van der Waals surface area contributed by atoms with Crippen LogP contribution in [-0.2, 0) is 26.1 Å². The Bertz CT molecular complexity index is 1500. The number of hydrogen-bond donors (Lipinski definition) is 0. The molecule has 3 aliphatic heterocycles. The number of aromatic nitrogens is 2. The van der Waals surface area contributed by atoms with Crippen LogP contribution in [0.3, 0.4) is 0 Å². The number of sulfonamides is 1. The molecule has 0 N–H and O–H groups in total. The van der Waals surface area contributed by atoms with E-state index in [0.29, 0.717) is 30.0 Å². The van der Waals surface area contributed by atoms with Crippen molar-refractivity contribution in [1.29, 1.82) is 0 Å². The fourth-order valence-electron chi connectivity index (χ4n) is 7.02. The molecule has 2 aromatic heterocycles. The second-order valence-electron chi connectivity index (χ2n) is 11.4. The van der Waals surface area contributed by atoms with Gasteiger partial charge in [0.2, 0.25) is 15.9 Å². The van der Waals surface area contributed by atoms with E-state index in [-0.39, 0.29) is 42.2 Å². The summed E-state index contributed by atoms with van der Waals surface area (Å²) in [6.07, 6.45) is 8.93. The number of benzene rings is 1. The molecule has 0 radical (unpaired) electrons. The summed E-state index contributed by atoms with van der Waals surface area (Å²) in [5, 5.41) is 0. The van der Waals surface area contributed by atoms with Crippen LogP contribution in [0.5, 0.6) is 11.5 Å². The zero-order chi connectivity index (χ0) is 29.4. The van der Waals surface area contributed by atoms with E-state index in [4.69, 9.17) is 14.2 Å². The molecular formula is C31H38N4O6S. The number of fused-ring (bicyclic) bond motifs is 3.